The summed E-state index contributed by atoms with van der Waals surface area (Å²) >= 11 is 9.65. The van der Waals surface area contributed by atoms with E-state index in [-0.39, 0.29) is 17.9 Å². The summed E-state index contributed by atoms with van der Waals surface area (Å²) in [5.74, 6) is -0.116. The SMILES string of the molecule is COc1ccc(Cl)cc1NC(=O)[C@H]1C[C@@H](CC(C)C)N[C@]12C(=O)Nc1ccc(Br)cc12. The molecule has 2 amide bonds. The number of anilines is 2. The van der Waals surface area contributed by atoms with Crippen LogP contribution in [-0.2, 0) is 15.1 Å². The van der Waals surface area contributed by atoms with Crippen molar-refractivity contribution >= 4 is 50.7 Å². The first-order chi connectivity index (χ1) is 14.7. The molecule has 1 spiro atoms. The number of halogens is 2. The molecule has 31 heavy (non-hydrogen) atoms. The number of amides is 2. The van der Waals surface area contributed by atoms with Crippen molar-refractivity contribution in [2.45, 2.75) is 38.3 Å². The molecule has 0 bridgehead atoms. The standard InChI is InChI=1S/C23H25BrClN3O3/c1-12(2)8-15-11-17(21(29)26-19-10-14(25)5-7-20(19)31-3)23(28-15)16-9-13(24)4-6-18(16)27-22(23)30/h4-7,9-10,12,15,17,28H,8,11H2,1-3H3,(H,26,29)(H,27,30)/t15-,17-,23+/m1/s1. The Labute approximate surface area is 195 Å². The van der Waals surface area contributed by atoms with Crippen LogP contribution in [0.4, 0.5) is 11.4 Å². The van der Waals surface area contributed by atoms with Crippen molar-refractivity contribution in [1.29, 1.82) is 0 Å². The van der Waals surface area contributed by atoms with Gasteiger partial charge in [-0.2, -0.15) is 0 Å². The van der Waals surface area contributed by atoms with Gasteiger partial charge in [0.05, 0.1) is 18.7 Å². The second-order valence-electron chi connectivity index (χ2n) is 8.54. The van der Waals surface area contributed by atoms with Crippen molar-refractivity contribution in [3.63, 3.8) is 0 Å². The Kier molecular flexibility index (Phi) is 6.03. The number of fused-ring (bicyclic) bond motifs is 2. The van der Waals surface area contributed by atoms with Crippen LogP contribution in [0.2, 0.25) is 5.02 Å². The van der Waals surface area contributed by atoms with Crippen molar-refractivity contribution in [2.24, 2.45) is 11.8 Å². The van der Waals surface area contributed by atoms with Gasteiger partial charge in [0.1, 0.15) is 11.3 Å². The third kappa shape index (κ3) is 3.95. The van der Waals surface area contributed by atoms with Crippen molar-refractivity contribution in [2.75, 3.05) is 17.7 Å². The Morgan fingerprint density at radius 2 is 2.10 bits per heavy atom. The molecule has 2 aromatic rings. The molecule has 164 valence electrons. The average Bonchev–Trinajstić information content (AvgIpc) is 3.21. The van der Waals surface area contributed by atoms with Gasteiger partial charge in [0.2, 0.25) is 11.8 Å². The maximum absolute atomic E-state index is 13.6. The zero-order chi connectivity index (χ0) is 22.3. The molecule has 2 heterocycles. The normalized spacial score (nSPS) is 24.4. The summed E-state index contributed by atoms with van der Waals surface area (Å²) in [5, 5.41) is 9.94. The molecular weight excluding hydrogens is 482 g/mol. The first kappa shape index (κ1) is 22.1. The molecule has 0 radical (unpaired) electrons. The van der Waals surface area contributed by atoms with Gasteiger partial charge in [-0.25, -0.2) is 0 Å². The van der Waals surface area contributed by atoms with Crippen LogP contribution in [-0.4, -0.2) is 25.0 Å². The molecular formula is C23H25BrClN3O3. The molecule has 4 rings (SSSR count). The molecule has 0 saturated carbocycles. The lowest BCUT2D eigenvalue weighted by Gasteiger charge is -2.29. The number of hydrogen-bond donors (Lipinski definition) is 3. The minimum Gasteiger partial charge on any atom is -0.495 e. The van der Waals surface area contributed by atoms with E-state index in [0.717, 1.165) is 22.1 Å². The molecule has 3 N–H and O–H groups in total. The number of benzene rings is 2. The van der Waals surface area contributed by atoms with E-state index >= 15 is 0 Å². The van der Waals surface area contributed by atoms with E-state index in [1.165, 1.54) is 7.11 Å². The highest BCUT2D eigenvalue weighted by Crippen LogP contribution is 2.49. The van der Waals surface area contributed by atoms with Crippen LogP contribution in [0.1, 0.15) is 32.3 Å². The van der Waals surface area contributed by atoms with Gasteiger partial charge in [-0.15, -0.1) is 0 Å². The number of carbonyl (C=O) groups is 2. The summed E-state index contributed by atoms with van der Waals surface area (Å²) < 4.78 is 6.23. The Morgan fingerprint density at radius 3 is 2.81 bits per heavy atom. The summed E-state index contributed by atoms with van der Waals surface area (Å²) in [4.78, 5) is 26.9. The smallest absolute Gasteiger partial charge is 0.250 e. The zero-order valence-corrected chi connectivity index (χ0v) is 19.9. The molecule has 1 fully saturated rings. The van der Waals surface area contributed by atoms with E-state index in [1.807, 2.05) is 18.2 Å². The minimum atomic E-state index is -1.13. The maximum atomic E-state index is 13.6. The predicted octanol–water partition coefficient (Wildman–Crippen LogP) is 4.92. The van der Waals surface area contributed by atoms with Crippen LogP contribution in [0.25, 0.3) is 0 Å². The molecule has 2 aliphatic rings. The van der Waals surface area contributed by atoms with Gasteiger partial charge in [-0.3, -0.25) is 14.9 Å². The van der Waals surface area contributed by atoms with Crippen molar-refractivity contribution in [1.82, 2.24) is 5.32 Å². The van der Waals surface area contributed by atoms with Crippen LogP contribution in [0.5, 0.6) is 5.75 Å². The van der Waals surface area contributed by atoms with E-state index in [9.17, 15) is 9.59 Å². The first-order valence-electron chi connectivity index (χ1n) is 10.3. The Hall–Kier alpha value is -2.09. The maximum Gasteiger partial charge on any atom is 0.250 e. The van der Waals surface area contributed by atoms with Gasteiger partial charge in [0, 0.05) is 26.8 Å². The third-order valence-corrected chi connectivity index (χ3v) is 6.71. The summed E-state index contributed by atoms with van der Waals surface area (Å²) in [5.41, 5.74) is 0.866. The van der Waals surface area contributed by atoms with Gasteiger partial charge >= 0.3 is 0 Å². The first-order valence-corrected chi connectivity index (χ1v) is 11.4. The monoisotopic (exact) mass is 505 g/mol. The van der Waals surface area contributed by atoms with Crippen molar-refractivity contribution in [3.05, 3.63) is 51.5 Å². The van der Waals surface area contributed by atoms with Gasteiger partial charge in [-0.1, -0.05) is 41.4 Å². The zero-order valence-electron chi connectivity index (χ0n) is 17.6. The van der Waals surface area contributed by atoms with E-state index in [4.69, 9.17) is 16.3 Å². The third-order valence-electron chi connectivity index (χ3n) is 5.98. The van der Waals surface area contributed by atoms with Crippen LogP contribution in [0.15, 0.2) is 40.9 Å². The molecule has 0 unspecified atom stereocenters. The average molecular weight is 507 g/mol. The Morgan fingerprint density at radius 1 is 1.32 bits per heavy atom. The van der Waals surface area contributed by atoms with Gasteiger partial charge < -0.3 is 15.4 Å². The number of methoxy groups -OCH3 is 1. The number of hydrogen-bond acceptors (Lipinski definition) is 4. The van der Waals surface area contributed by atoms with Crippen molar-refractivity contribution in [3.8, 4) is 5.75 Å². The molecule has 3 atom stereocenters. The molecule has 2 aliphatic heterocycles. The number of nitrogens with one attached hydrogen (secondary N) is 3. The van der Waals surface area contributed by atoms with Crippen LogP contribution in [0.3, 0.4) is 0 Å². The summed E-state index contributed by atoms with van der Waals surface area (Å²) in [6.45, 7) is 4.27. The number of rotatable bonds is 5. The van der Waals surface area contributed by atoms with E-state index in [1.54, 1.807) is 18.2 Å². The van der Waals surface area contributed by atoms with E-state index in [0.29, 0.717) is 28.8 Å². The molecule has 6 nitrogen and oxygen atoms in total. The second-order valence-corrected chi connectivity index (χ2v) is 9.90. The number of ether oxygens (including phenoxy) is 1. The van der Waals surface area contributed by atoms with Gasteiger partial charge in [0.15, 0.2) is 0 Å². The molecule has 0 aromatic heterocycles. The molecule has 8 heteroatoms. The summed E-state index contributed by atoms with van der Waals surface area (Å²) in [6, 6.07) is 10.7. The second kappa shape index (κ2) is 8.45. The predicted molar refractivity (Wildman–Crippen MR) is 126 cm³/mol. The highest BCUT2D eigenvalue weighted by Gasteiger charge is 2.60. The highest BCUT2D eigenvalue weighted by atomic mass is 79.9. The van der Waals surface area contributed by atoms with Crippen LogP contribution < -0.4 is 20.7 Å². The summed E-state index contributed by atoms with van der Waals surface area (Å²) in [6.07, 6.45) is 1.41. The Bertz CT molecular complexity index is 1040. The molecule has 1 saturated heterocycles. The largest absolute Gasteiger partial charge is 0.495 e. The van der Waals surface area contributed by atoms with Crippen molar-refractivity contribution < 1.29 is 14.3 Å². The fraction of sp³-hybridized carbons (Fsp3) is 0.391. The van der Waals surface area contributed by atoms with Crippen LogP contribution in [0, 0.1) is 11.8 Å². The van der Waals surface area contributed by atoms with Crippen LogP contribution >= 0.6 is 27.5 Å². The van der Waals surface area contributed by atoms with Gasteiger partial charge in [0.25, 0.3) is 0 Å². The lowest BCUT2D eigenvalue weighted by molar-refractivity contribution is -0.130. The highest BCUT2D eigenvalue weighted by molar-refractivity contribution is 9.10. The Balaban J connectivity index is 1.74. The summed E-state index contributed by atoms with van der Waals surface area (Å²) in [7, 11) is 1.54. The molecule has 0 aliphatic carbocycles. The molecule has 2 aromatic carbocycles. The fourth-order valence-electron chi connectivity index (χ4n) is 4.75. The number of carbonyl (C=O) groups excluding carboxylic acids is 2. The minimum absolute atomic E-state index is 0.0349. The topological polar surface area (TPSA) is 79.5 Å². The van der Waals surface area contributed by atoms with E-state index < -0.39 is 11.5 Å². The lowest BCUT2D eigenvalue weighted by atomic mass is 9.79. The quantitative estimate of drug-likeness (QED) is 0.538. The van der Waals surface area contributed by atoms with Gasteiger partial charge in [-0.05, 0) is 55.2 Å². The lowest BCUT2D eigenvalue weighted by Crippen LogP contribution is -2.52. The van der Waals surface area contributed by atoms with E-state index in [2.05, 4.69) is 45.7 Å². The fourth-order valence-corrected chi connectivity index (χ4v) is 5.29.